The zero-order valence-corrected chi connectivity index (χ0v) is 10.3. The van der Waals surface area contributed by atoms with Crippen LogP contribution >= 0.6 is 11.6 Å². The fourth-order valence-corrected chi connectivity index (χ4v) is 1.77. The van der Waals surface area contributed by atoms with Crippen LogP contribution in [0.2, 0.25) is 5.02 Å². The van der Waals surface area contributed by atoms with E-state index in [0.29, 0.717) is 5.02 Å². The Morgan fingerprint density at radius 2 is 1.78 bits per heavy atom. The summed E-state index contributed by atoms with van der Waals surface area (Å²) in [5, 5.41) is 12.7. The van der Waals surface area contributed by atoms with Gasteiger partial charge in [-0.25, -0.2) is 0 Å². The molecule has 0 heterocycles. The van der Waals surface area contributed by atoms with Gasteiger partial charge in [-0.15, -0.1) is 0 Å². The van der Waals surface area contributed by atoms with Crippen LogP contribution in [0.15, 0.2) is 48.5 Å². The molecule has 0 aliphatic heterocycles. The number of para-hydroxylation sites is 1. The molecule has 2 N–H and O–H groups in total. The van der Waals surface area contributed by atoms with Gasteiger partial charge in [0.15, 0.2) is 0 Å². The summed E-state index contributed by atoms with van der Waals surface area (Å²) in [4.78, 5) is 10.8. The molecule has 18 heavy (non-hydrogen) atoms. The molecule has 3 nitrogen and oxygen atoms in total. The van der Waals surface area contributed by atoms with Gasteiger partial charge in [0.25, 0.3) is 0 Å². The Kier molecular flexibility index (Phi) is 3.85. The molecule has 0 aliphatic rings. The normalized spacial score (nSPS) is 10.1. The Labute approximate surface area is 110 Å². The van der Waals surface area contributed by atoms with E-state index in [2.05, 4.69) is 5.32 Å². The highest BCUT2D eigenvalue weighted by molar-refractivity contribution is 6.30. The van der Waals surface area contributed by atoms with Gasteiger partial charge in [-0.3, -0.25) is 4.79 Å². The van der Waals surface area contributed by atoms with E-state index >= 15 is 0 Å². The van der Waals surface area contributed by atoms with Crippen molar-refractivity contribution in [3.8, 4) is 0 Å². The SMILES string of the molecule is O=C(O)Cc1ccccc1Nc1ccc(Cl)cc1. The van der Waals surface area contributed by atoms with Crippen LogP contribution in [0.3, 0.4) is 0 Å². The van der Waals surface area contributed by atoms with Crippen LogP contribution in [0.5, 0.6) is 0 Å². The van der Waals surface area contributed by atoms with Crippen LogP contribution in [0.1, 0.15) is 5.56 Å². The molecular formula is C14H12ClNO2. The number of hydrogen-bond donors (Lipinski definition) is 2. The van der Waals surface area contributed by atoms with Crippen LogP contribution in [0.25, 0.3) is 0 Å². The van der Waals surface area contributed by atoms with Crippen LogP contribution in [-0.4, -0.2) is 11.1 Å². The third-order valence-corrected chi connectivity index (χ3v) is 2.73. The summed E-state index contributed by atoms with van der Waals surface area (Å²) in [7, 11) is 0. The number of aliphatic carboxylic acids is 1. The highest BCUT2D eigenvalue weighted by Gasteiger charge is 2.06. The van der Waals surface area contributed by atoms with Crippen molar-refractivity contribution in [2.45, 2.75) is 6.42 Å². The molecule has 0 fully saturated rings. The largest absolute Gasteiger partial charge is 0.481 e. The Bertz CT molecular complexity index is 552. The van der Waals surface area contributed by atoms with Crippen molar-refractivity contribution in [1.29, 1.82) is 0 Å². The first-order valence-corrected chi connectivity index (χ1v) is 5.85. The van der Waals surface area contributed by atoms with Crippen molar-refractivity contribution in [3.05, 3.63) is 59.1 Å². The summed E-state index contributed by atoms with van der Waals surface area (Å²) in [6.07, 6.45) is -0.00321. The molecule has 0 aromatic heterocycles. The minimum atomic E-state index is -0.847. The van der Waals surface area contributed by atoms with E-state index in [1.54, 1.807) is 18.2 Å². The minimum Gasteiger partial charge on any atom is -0.481 e. The zero-order valence-electron chi connectivity index (χ0n) is 9.56. The molecule has 0 saturated carbocycles. The summed E-state index contributed by atoms with van der Waals surface area (Å²) >= 11 is 5.81. The second kappa shape index (κ2) is 5.56. The molecule has 0 spiro atoms. The molecule has 2 rings (SSSR count). The Morgan fingerprint density at radius 3 is 2.44 bits per heavy atom. The number of halogens is 1. The number of hydrogen-bond acceptors (Lipinski definition) is 2. The molecule has 0 saturated heterocycles. The summed E-state index contributed by atoms with van der Waals surface area (Å²) < 4.78 is 0. The molecule has 4 heteroatoms. The van der Waals surface area contributed by atoms with Gasteiger partial charge in [0.05, 0.1) is 6.42 Å². The van der Waals surface area contributed by atoms with Crippen molar-refractivity contribution in [2.24, 2.45) is 0 Å². The van der Waals surface area contributed by atoms with Crippen molar-refractivity contribution in [3.63, 3.8) is 0 Å². The fourth-order valence-electron chi connectivity index (χ4n) is 1.65. The van der Waals surface area contributed by atoms with Crippen LogP contribution in [-0.2, 0) is 11.2 Å². The number of carbonyl (C=O) groups is 1. The second-order valence-corrected chi connectivity index (χ2v) is 4.30. The highest BCUT2D eigenvalue weighted by atomic mass is 35.5. The molecule has 0 atom stereocenters. The van der Waals surface area contributed by atoms with E-state index in [1.807, 2.05) is 30.3 Å². The van der Waals surface area contributed by atoms with Gasteiger partial charge in [0.1, 0.15) is 0 Å². The van der Waals surface area contributed by atoms with Gasteiger partial charge in [0.2, 0.25) is 0 Å². The number of anilines is 2. The van der Waals surface area contributed by atoms with Crippen LogP contribution in [0.4, 0.5) is 11.4 Å². The van der Waals surface area contributed by atoms with Gasteiger partial charge in [-0.2, -0.15) is 0 Å². The molecule has 0 unspecified atom stereocenters. The van der Waals surface area contributed by atoms with Gasteiger partial charge in [-0.05, 0) is 35.9 Å². The van der Waals surface area contributed by atoms with Gasteiger partial charge in [0, 0.05) is 16.4 Å². The van der Waals surface area contributed by atoms with E-state index < -0.39 is 5.97 Å². The first kappa shape index (κ1) is 12.5. The molecule has 0 aliphatic carbocycles. The fraction of sp³-hybridized carbons (Fsp3) is 0.0714. The maximum Gasteiger partial charge on any atom is 0.307 e. The van der Waals surface area contributed by atoms with Gasteiger partial charge in [-0.1, -0.05) is 29.8 Å². The monoisotopic (exact) mass is 261 g/mol. The first-order valence-electron chi connectivity index (χ1n) is 5.47. The highest BCUT2D eigenvalue weighted by Crippen LogP contribution is 2.22. The molecule has 2 aromatic rings. The smallest absolute Gasteiger partial charge is 0.307 e. The summed E-state index contributed by atoms with van der Waals surface area (Å²) in [6.45, 7) is 0. The van der Waals surface area contributed by atoms with E-state index in [-0.39, 0.29) is 6.42 Å². The lowest BCUT2D eigenvalue weighted by Crippen LogP contribution is -2.03. The molecule has 92 valence electrons. The van der Waals surface area contributed by atoms with Crippen molar-refractivity contribution >= 4 is 28.9 Å². The Morgan fingerprint density at radius 1 is 1.11 bits per heavy atom. The van der Waals surface area contributed by atoms with Crippen LogP contribution in [0, 0.1) is 0 Å². The van der Waals surface area contributed by atoms with Gasteiger partial charge < -0.3 is 10.4 Å². The van der Waals surface area contributed by atoms with Crippen molar-refractivity contribution < 1.29 is 9.90 Å². The number of carboxylic acid groups (broad SMARTS) is 1. The predicted molar refractivity (Wildman–Crippen MR) is 72.5 cm³/mol. The Balaban J connectivity index is 2.23. The van der Waals surface area contributed by atoms with Gasteiger partial charge >= 0.3 is 5.97 Å². The molecule has 0 amide bonds. The molecule has 0 radical (unpaired) electrons. The van der Waals surface area contributed by atoms with E-state index in [0.717, 1.165) is 16.9 Å². The average Bonchev–Trinajstić information content (AvgIpc) is 2.34. The molecular weight excluding hydrogens is 250 g/mol. The standard InChI is InChI=1S/C14H12ClNO2/c15-11-5-7-12(8-6-11)16-13-4-2-1-3-10(13)9-14(17)18/h1-8,16H,9H2,(H,17,18). The lowest BCUT2D eigenvalue weighted by Gasteiger charge is -2.10. The summed E-state index contributed by atoms with van der Waals surface area (Å²) in [6, 6.07) is 14.6. The van der Waals surface area contributed by atoms with E-state index in [4.69, 9.17) is 16.7 Å². The predicted octanol–water partition coefficient (Wildman–Crippen LogP) is 3.71. The number of benzene rings is 2. The van der Waals surface area contributed by atoms with E-state index in [1.165, 1.54) is 0 Å². The van der Waals surface area contributed by atoms with Crippen LogP contribution < -0.4 is 5.32 Å². The summed E-state index contributed by atoms with van der Waals surface area (Å²) in [5.74, 6) is -0.847. The third kappa shape index (κ3) is 3.25. The average molecular weight is 262 g/mol. The lowest BCUT2D eigenvalue weighted by atomic mass is 10.1. The molecule has 0 bridgehead atoms. The first-order chi connectivity index (χ1) is 8.65. The van der Waals surface area contributed by atoms with Crippen molar-refractivity contribution in [2.75, 3.05) is 5.32 Å². The lowest BCUT2D eigenvalue weighted by molar-refractivity contribution is -0.136. The maximum atomic E-state index is 10.8. The van der Waals surface area contributed by atoms with E-state index in [9.17, 15) is 4.79 Å². The quantitative estimate of drug-likeness (QED) is 0.882. The number of rotatable bonds is 4. The maximum absolute atomic E-state index is 10.8. The Hall–Kier alpha value is -2.00. The second-order valence-electron chi connectivity index (χ2n) is 3.86. The number of nitrogens with one attached hydrogen (secondary N) is 1. The van der Waals surface area contributed by atoms with Crippen molar-refractivity contribution in [1.82, 2.24) is 0 Å². The third-order valence-electron chi connectivity index (χ3n) is 2.48. The topological polar surface area (TPSA) is 49.3 Å². The number of carboxylic acids is 1. The zero-order chi connectivity index (χ0) is 13.0. The minimum absolute atomic E-state index is 0.00321. The summed E-state index contributed by atoms with van der Waals surface area (Å²) in [5.41, 5.74) is 2.42. The molecule has 2 aromatic carbocycles.